The van der Waals surface area contributed by atoms with Crippen LogP contribution in [-0.4, -0.2) is 180 Å². The molecule has 4 N–H and O–H groups in total. The highest BCUT2D eigenvalue weighted by Crippen LogP contribution is 2.37. The molecule has 626 valence electrons. The van der Waals surface area contributed by atoms with E-state index in [1.54, 1.807) is 12.4 Å². The second-order valence-electron chi connectivity index (χ2n) is 33.7. The van der Waals surface area contributed by atoms with E-state index in [9.17, 15) is 9.59 Å². The van der Waals surface area contributed by atoms with E-state index < -0.39 is 0 Å². The molecule has 4 aromatic carbocycles. The zero-order valence-electron chi connectivity index (χ0n) is 71.9. The second kappa shape index (κ2) is 43.4. The monoisotopic (exact) mass is 1600 g/mol. The lowest BCUT2D eigenvalue weighted by molar-refractivity contribution is 0.0945. The molecule has 2 amide bonds. The van der Waals surface area contributed by atoms with Crippen molar-refractivity contribution in [2.45, 2.75) is 219 Å². The summed E-state index contributed by atoms with van der Waals surface area (Å²) in [4.78, 5) is 73.2. The molecule has 16 rings (SSSR count). The van der Waals surface area contributed by atoms with Crippen LogP contribution in [0.5, 0.6) is 0 Å². The number of nitrogens with one attached hydrogen (secondary N) is 4. The van der Waals surface area contributed by atoms with Crippen molar-refractivity contribution in [1.29, 1.82) is 0 Å². The number of hydrogen-bond donors (Lipinski definition) is 4. The number of benzene rings is 4. The summed E-state index contributed by atoms with van der Waals surface area (Å²) >= 11 is 0. The molecule has 2 saturated heterocycles. The van der Waals surface area contributed by atoms with Crippen molar-refractivity contribution >= 4 is 56.9 Å². The number of hydrogen-bond acceptors (Lipinski definition) is 17. The number of amides is 2. The molecule has 21 heteroatoms. The molecular formula is C98H127N19O2. The lowest BCUT2D eigenvalue weighted by atomic mass is 9.95. The first-order chi connectivity index (χ1) is 58.1. The van der Waals surface area contributed by atoms with Crippen LogP contribution in [0.4, 0.5) is 23.0 Å². The molecule has 8 heterocycles. The van der Waals surface area contributed by atoms with Gasteiger partial charge in [-0.2, -0.15) is 0 Å². The van der Waals surface area contributed by atoms with E-state index in [-0.39, 0.29) is 11.8 Å². The average molecular weight is 1600 g/mol. The second-order valence-corrected chi connectivity index (χ2v) is 33.7. The molecule has 4 saturated carbocycles. The topological polar surface area (TPSA) is 211 Å². The van der Waals surface area contributed by atoms with Gasteiger partial charge in [0.05, 0.1) is 0 Å². The average Bonchev–Trinajstić information content (AvgIpc) is 1.63. The molecule has 0 spiro atoms. The molecule has 0 bridgehead atoms. The van der Waals surface area contributed by atoms with Crippen LogP contribution in [0, 0.1) is 45.5 Å². The van der Waals surface area contributed by atoms with E-state index in [4.69, 9.17) is 22.8 Å². The summed E-state index contributed by atoms with van der Waals surface area (Å²) in [7, 11) is 4.37. The van der Waals surface area contributed by atoms with E-state index in [0.29, 0.717) is 83.3 Å². The van der Waals surface area contributed by atoms with Crippen LogP contribution in [0.15, 0.2) is 134 Å². The van der Waals surface area contributed by atoms with Gasteiger partial charge in [0.1, 0.15) is 45.7 Å². The molecule has 6 aliphatic rings. The van der Waals surface area contributed by atoms with Crippen molar-refractivity contribution in [3.8, 4) is 24.7 Å². The number of likely N-dealkylation sites (N-methyl/N-ethyl adjacent to an activating group) is 2. The van der Waals surface area contributed by atoms with Gasteiger partial charge < -0.3 is 50.0 Å². The molecule has 10 aromatic rings. The minimum absolute atomic E-state index is 0.114. The van der Waals surface area contributed by atoms with Crippen LogP contribution in [0.25, 0.3) is 22.1 Å². The Hall–Kier alpha value is -10.6. The van der Waals surface area contributed by atoms with Crippen LogP contribution in [-0.2, 0) is 32.2 Å². The smallest absolute Gasteiger partial charge is 0.256 e. The molecule has 2 aliphatic heterocycles. The van der Waals surface area contributed by atoms with Gasteiger partial charge >= 0.3 is 0 Å². The highest BCUT2D eigenvalue weighted by molar-refractivity contribution is 5.99. The fraction of sp³-hybridized carbons (Fsp3) is 0.490. The number of carbonyl (C=O) groups is 2. The normalized spacial score (nSPS) is 16.6. The Morgan fingerprint density at radius 1 is 0.445 bits per heavy atom. The van der Waals surface area contributed by atoms with Crippen LogP contribution >= 0.6 is 0 Å². The molecular weight excluding hydrogens is 1470 g/mol. The molecule has 4 aliphatic carbocycles. The summed E-state index contributed by atoms with van der Waals surface area (Å²) in [6, 6.07) is 41.7. The number of anilines is 4. The number of piperazine rings is 2. The third kappa shape index (κ3) is 24.3. The number of fused-ring (bicyclic) bond motifs is 2. The summed E-state index contributed by atoms with van der Waals surface area (Å²) in [6.45, 7) is 23.4. The van der Waals surface area contributed by atoms with Crippen molar-refractivity contribution in [2.24, 2.45) is 0 Å². The fourth-order valence-corrected chi connectivity index (χ4v) is 17.8. The maximum Gasteiger partial charge on any atom is 0.256 e. The predicted molar refractivity (Wildman–Crippen MR) is 484 cm³/mol. The number of aryl methyl sites for hydroxylation is 3. The van der Waals surface area contributed by atoms with Crippen LogP contribution in [0.2, 0.25) is 0 Å². The molecule has 0 unspecified atom stereocenters. The molecule has 6 fully saturated rings. The van der Waals surface area contributed by atoms with Crippen LogP contribution < -0.4 is 31.1 Å². The summed E-state index contributed by atoms with van der Waals surface area (Å²) in [5, 5.41) is 15.2. The highest BCUT2D eigenvalue weighted by atomic mass is 16.2. The van der Waals surface area contributed by atoms with Crippen molar-refractivity contribution < 1.29 is 9.59 Å². The van der Waals surface area contributed by atoms with E-state index >= 15 is 0 Å². The van der Waals surface area contributed by atoms with Crippen LogP contribution in [0.1, 0.15) is 243 Å². The van der Waals surface area contributed by atoms with Crippen LogP contribution in [0.3, 0.4) is 0 Å². The van der Waals surface area contributed by atoms with E-state index in [1.165, 1.54) is 159 Å². The Balaban J connectivity index is 0.000000138. The Kier molecular flexibility index (Phi) is 31.5. The standard InChI is InChI=1S/C26H31N5.C26H32N4.C25H36N6O.C21H28N4O/c1-3-25-27-19-21-18-24(31(26(21)28-25)23-7-5-4-6-8-23)17-20-9-11-22(12-10-20)30-15-13-29(2)14-16-30;1-4-25-27-18-22-17-24(30(26(22)28-25)23-10-8-7-9-11-23)16-20-12-14-21(15-13-20)19-29(5-2)6-3;1-19-27-18-23(24(28-19)29-21-6-4-3-5-7-21)25(32)26-13-12-20-8-10-22(11-9-20)31-16-14-30(2)15-17-31;1-15-7-6-8-17(13-15)11-12-22-21(26)19-14-23-16(2)24-20(19)25-18-9-4-3-5-10-18/h1,9-12,18-19,23H,4-8,13-17H2,2H3;1,12-15,17-18,23H,5-11,16,19H2,2-3H3;8-11,18,21H,3-7,12-17H2,1-2H3,(H,26,32)(H,27,28,29);6-8,13-14,18H,3-5,9-12H2,1-2H3,(H,22,26)(H,23,24,25)/i3*2-1;. The van der Waals surface area contributed by atoms with E-state index in [1.807, 2.05) is 32.3 Å². The van der Waals surface area contributed by atoms with Gasteiger partial charge in [-0.25, -0.2) is 39.9 Å². The van der Waals surface area contributed by atoms with Crippen molar-refractivity contribution in [2.75, 3.05) is 113 Å². The molecule has 0 atom stereocenters. The van der Waals surface area contributed by atoms with Gasteiger partial charge in [-0.3, -0.25) is 14.5 Å². The molecule has 6 aromatic heterocycles. The molecule has 119 heavy (non-hydrogen) atoms. The van der Waals surface area contributed by atoms with Gasteiger partial charge in [-0.1, -0.05) is 169 Å². The number of nitrogens with zero attached hydrogens (tertiary/aromatic N) is 15. The number of aromatic nitrogens is 10. The predicted octanol–water partition coefficient (Wildman–Crippen LogP) is 16.7. The van der Waals surface area contributed by atoms with Gasteiger partial charge in [0.2, 0.25) is 11.6 Å². The highest BCUT2D eigenvalue weighted by Gasteiger charge is 2.27. The first kappa shape index (κ1) is 86.3. The summed E-state index contributed by atoms with van der Waals surface area (Å²) in [6.07, 6.45) is 46.4. The molecule has 21 nitrogen and oxygen atoms in total. The lowest BCUT2D eigenvalue weighted by Gasteiger charge is -2.34. The SMILES string of the molecule is C#Cc1ncc2cc(Cc3ccc(CN(CC)C[11CH3])cc3)n(C3CCCCC3)c2n1.C#Cc1ncc2cc(Cc3ccc(N4CCN([11CH3])CC4)cc3)n(C3CCCCC3)c2n1.Cc1cccc(CCNC(=O)c2cnc(C)nc2NC2CCCCC2)c1.Cc1ncc(C(=O)NCCc2ccc(N3CCN([11CH3])CC3)cc2)c(NC2CCCCC2)n1. The quantitative estimate of drug-likeness (QED) is 0.0414. The summed E-state index contributed by atoms with van der Waals surface area (Å²) in [5.74, 6) is 8.62. The van der Waals surface area contributed by atoms with Crippen molar-refractivity contribution in [3.63, 3.8) is 0 Å². The summed E-state index contributed by atoms with van der Waals surface area (Å²) < 4.78 is 4.92. The van der Waals surface area contributed by atoms with E-state index in [2.05, 4.69) is 235 Å². The third-order valence-corrected chi connectivity index (χ3v) is 24.8. The largest absolute Gasteiger partial charge is 0.369 e. The Morgan fingerprint density at radius 3 is 1.25 bits per heavy atom. The number of carbonyl (C=O) groups excluding carboxylic acids is 2. The third-order valence-electron chi connectivity index (χ3n) is 24.8. The Morgan fingerprint density at radius 2 is 0.840 bits per heavy atom. The number of terminal acetylenes is 2. The maximum atomic E-state index is 12.9. The van der Waals surface area contributed by atoms with Crippen molar-refractivity contribution in [1.82, 2.24) is 74.3 Å². The summed E-state index contributed by atoms with van der Waals surface area (Å²) in [5.41, 5.74) is 16.0. The van der Waals surface area contributed by atoms with Gasteiger partial charge in [-0.05, 0) is 188 Å². The van der Waals surface area contributed by atoms with E-state index in [0.717, 1.165) is 145 Å². The first-order valence-corrected chi connectivity index (χ1v) is 44.5. The Labute approximate surface area is 707 Å². The van der Waals surface area contributed by atoms with Gasteiger partial charge in [0, 0.05) is 167 Å². The van der Waals surface area contributed by atoms with Crippen molar-refractivity contribution in [3.05, 3.63) is 213 Å². The van der Waals surface area contributed by atoms with Gasteiger partial charge in [0.25, 0.3) is 11.8 Å². The zero-order valence-corrected chi connectivity index (χ0v) is 71.9. The minimum atomic E-state index is -0.115. The maximum absolute atomic E-state index is 12.9. The Bertz CT molecular complexity index is 4980. The fourth-order valence-electron chi connectivity index (χ4n) is 17.8. The van der Waals surface area contributed by atoms with Gasteiger partial charge in [0.15, 0.2) is 0 Å². The zero-order chi connectivity index (χ0) is 82.8. The molecule has 0 radical (unpaired) electrons. The first-order valence-electron chi connectivity index (χ1n) is 44.5. The minimum Gasteiger partial charge on any atom is -0.369 e. The number of rotatable bonds is 24. The van der Waals surface area contributed by atoms with Gasteiger partial charge in [-0.15, -0.1) is 12.8 Å². The lowest BCUT2D eigenvalue weighted by Crippen LogP contribution is -2.44.